The molecule has 3 heterocycles. The van der Waals surface area contributed by atoms with Crippen molar-refractivity contribution >= 4 is 32.8 Å². The van der Waals surface area contributed by atoms with Gasteiger partial charge in [0.15, 0.2) is 0 Å². The molecule has 3 aromatic heterocycles. The molecule has 0 saturated carbocycles. The van der Waals surface area contributed by atoms with E-state index in [1.165, 1.54) is 16.3 Å². The number of pyridine rings is 1. The van der Waals surface area contributed by atoms with Crippen molar-refractivity contribution in [3.8, 4) is 44.9 Å². The number of hydrogen-bond donors (Lipinski definition) is 1. The van der Waals surface area contributed by atoms with Crippen LogP contribution in [0.3, 0.4) is 0 Å². The smallest absolute Gasteiger partial charge is 0.143 e. The first-order valence-electron chi connectivity index (χ1n) is 14.8. The van der Waals surface area contributed by atoms with Gasteiger partial charge >= 0.3 is 0 Å². The van der Waals surface area contributed by atoms with Gasteiger partial charge in [-0.15, -0.1) is 0 Å². The van der Waals surface area contributed by atoms with E-state index in [2.05, 4.69) is 145 Å². The summed E-state index contributed by atoms with van der Waals surface area (Å²) in [6.07, 6.45) is 1.90. The molecule has 0 amide bonds. The first-order valence-corrected chi connectivity index (χ1v) is 14.8. The number of aromatic amines is 1. The minimum Gasteiger partial charge on any atom is -0.354 e. The zero-order valence-electron chi connectivity index (χ0n) is 24.1. The first kappa shape index (κ1) is 25.2. The SMILES string of the molecule is CC(C)n1c(-c2cccc3c2[nH]c2ccccc23)nc2c(-c3cccc(-c4cc(-c5ccccc5)ccn4)c3)cccc21. The molecule has 0 saturated heterocycles. The van der Waals surface area contributed by atoms with Crippen LogP contribution in [0, 0.1) is 0 Å². The van der Waals surface area contributed by atoms with Gasteiger partial charge in [-0.25, -0.2) is 4.98 Å². The number of H-pyrrole nitrogens is 1. The predicted molar refractivity (Wildman–Crippen MR) is 179 cm³/mol. The highest BCUT2D eigenvalue weighted by molar-refractivity contribution is 6.12. The third-order valence-corrected chi connectivity index (χ3v) is 8.36. The highest BCUT2D eigenvalue weighted by Gasteiger charge is 2.20. The molecule has 0 fully saturated rings. The molecule has 0 radical (unpaired) electrons. The van der Waals surface area contributed by atoms with E-state index >= 15 is 0 Å². The molecule has 43 heavy (non-hydrogen) atoms. The zero-order valence-corrected chi connectivity index (χ0v) is 24.1. The van der Waals surface area contributed by atoms with Crippen molar-refractivity contribution in [3.05, 3.63) is 134 Å². The number of aromatic nitrogens is 4. The van der Waals surface area contributed by atoms with E-state index < -0.39 is 0 Å². The maximum atomic E-state index is 5.38. The molecular weight excluding hydrogens is 524 g/mol. The van der Waals surface area contributed by atoms with Crippen molar-refractivity contribution in [3.63, 3.8) is 0 Å². The number of rotatable bonds is 5. The lowest BCUT2D eigenvalue weighted by Gasteiger charge is -2.14. The number of hydrogen-bond acceptors (Lipinski definition) is 2. The molecule has 8 aromatic rings. The molecule has 4 nitrogen and oxygen atoms in total. The van der Waals surface area contributed by atoms with Gasteiger partial charge in [0, 0.05) is 45.2 Å². The second-order valence-electron chi connectivity index (χ2n) is 11.3. The molecule has 8 rings (SSSR count). The van der Waals surface area contributed by atoms with E-state index in [0.29, 0.717) is 0 Å². The molecule has 4 heteroatoms. The van der Waals surface area contributed by atoms with Gasteiger partial charge in [0.05, 0.1) is 22.2 Å². The third kappa shape index (κ3) is 4.22. The van der Waals surface area contributed by atoms with Crippen LogP contribution in [-0.2, 0) is 0 Å². The van der Waals surface area contributed by atoms with Crippen molar-refractivity contribution in [1.82, 2.24) is 19.5 Å². The van der Waals surface area contributed by atoms with E-state index in [1.807, 2.05) is 12.3 Å². The van der Waals surface area contributed by atoms with Gasteiger partial charge in [0.1, 0.15) is 5.82 Å². The lowest BCUT2D eigenvalue weighted by atomic mass is 9.99. The largest absolute Gasteiger partial charge is 0.354 e. The number of imidazole rings is 1. The summed E-state index contributed by atoms with van der Waals surface area (Å²) in [6.45, 7) is 4.46. The van der Waals surface area contributed by atoms with Crippen LogP contribution in [-0.4, -0.2) is 19.5 Å². The topological polar surface area (TPSA) is 46.5 Å². The first-order chi connectivity index (χ1) is 21.2. The van der Waals surface area contributed by atoms with E-state index in [9.17, 15) is 0 Å². The second kappa shape index (κ2) is 10.1. The molecule has 5 aromatic carbocycles. The highest BCUT2D eigenvalue weighted by Crippen LogP contribution is 2.39. The summed E-state index contributed by atoms with van der Waals surface area (Å²) in [6, 6.07) is 45.1. The Bertz CT molecular complexity index is 2270. The van der Waals surface area contributed by atoms with Gasteiger partial charge in [-0.05, 0) is 66.9 Å². The minimum absolute atomic E-state index is 0.228. The highest BCUT2D eigenvalue weighted by atomic mass is 15.1. The molecule has 0 aliphatic heterocycles. The number of nitrogens with zero attached hydrogens (tertiary/aromatic N) is 3. The summed E-state index contributed by atoms with van der Waals surface area (Å²) in [7, 11) is 0. The van der Waals surface area contributed by atoms with Gasteiger partial charge in [0.2, 0.25) is 0 Å². The fourth-order valence-corrected chi connectivity index (χ4v) is 6.37. The summed E-state index contributed by atoms with van der Waals surface area (Å²) in [5.74, 6) is 0.975. The Kier molecular flexibility index (Phi) is 5.93. The van der Waals surface area contributed by atoms with Gasteiger partial charge in [-0.1, -0.05) is 91.0 Å². The summed E-state index contributed by atoms with van der Waals surface area (Å²) >= 11 is 0. The van der Waals surface area contributed by atoms with Crippen molar-refractivity contribution in [1.29, 1.82) is 0 Å². The molecule has 1 N–H and O–H groups in total. The maximum absolute atomic E-state index is 5.38. The number of nitrogens with one attached hydrogen (secondary N) is 1. The summed E-state index contributed by atoms with van der Waals surface area (Å²) in [5, 5.41) is 2.45. The van der Waals surface area contributed by atoms with Gasteiger partial charge in [-0.2, -0.15) is 0 Å². The Morgan fingerprint density at radius 2 is 1.33 bits per heavy atom. The standard InChI is InChI=1S/C39H30N4/c1-25(2)43-36-20-10-16-30(28-13-8-14-29(23-28)35-24-27(21-22-40-35)26-11-4-3-5-12-26)38(36)42-39(43)33-18-9-17-32-31-15-6-7-19-34(31)41-37(32)33/h3-25,41H,1-2H3. The molecule has 0 unspecified atom stereocenters. The van der Waals surface area contributed by atoms with Crippen LogP contribution >= 0.6 is 0 Å². The Morgan fingerprint density at radius 1 is 0.605 bits per heavy atom. The molecule has 0 aliphatic carbocycles. The van der Waals surface area contributed by atoms with Gasteiger partial charge in [-0.3, -0.25) is 4.98 Å². The van der Waals surface area contributed by atoms with Crippen molar-refractivity contribution in [2.45, 2.75) is 19.9 Å². The minimum atomic E-state index is 0.228. The van der Waals surface area contributed by atoms with E-state index in [1.54, 1.807) is 0 Å². The van der Waals surface area contributed by atoms with Crippen LogP contribution in [0.25, 0.3) is 77.7 Å². The molecular formula is C39H30N4. The van der Waals surface area contributed by atoms with Crippen molar-refractivity contribution < 1.29 is 0 Å². The Morgan fingerprint density at radius 3 is 2.21 bits per heavy atom. The zero-order chi connectivity index (χ0) is 28.9. The molecule has 0 spiro atoms. The predicted octanol–water partition coefficient (Wildman–Crippen LogP) is 10.3. The van der Waals surface area contributed by atoms with Gasteiger partial charge in [0.25, 0.3) is 0 Å². The fourth-order valence-electron chi connectivity index (χ4n) is 6.37. The lowest BCUT2D eigenvalue weighted by Crippen LogP contribution is -2.03. The van der Waals surface area contributed by atoms with Crippen molar-refractivity contribution in [2.24, 2.45) is 0 Å². The Balaban J connectivity index is 1.29. The maximum Gasteiger partial charge on any atom is 0.143 e. The van der Waals surface area contributed by atoms with Crippen molar-refractivity contribution in [2.75, 3.05) is 0 Å². The number of benzene rings is 5. The molecule has 206 valence electrons. The van der Waals surface area contributed by atoms with Crippen LogP contribution in [0.4, 0.5) is 0 Å². The van der Waals surface area contributed by atoms with Crippen LogP contribution < -0.4 is 0 Å². The average molecular weight is 555 g/mol. The summed E-state index contributed by atoms with van der Waals surface area (Å²) in [4.78, 5) is 13.8. The van der Waals surface area contributed by atoms with Crippen LogP contribution in [0.2, 0.25) is 0 Å². The third-order valence-electron chi connectivity index (χ3n) is 8.36. The summed E-state index contributed by atoms with van der Waals surface area (Å²) in [5.41, 5.74) is 12.1. The average Bonchev–Trinajstić information content (AvgIpc) is 3.64. The summed E-state index contributed by atoms with van der Waals surface area (Å²) < 4.78 is 2.37. The number of para-hydroxylation sites is 3. The second-order valence-corrected chi connectivity index (χ2v) is 11.3. The Hall–Kier alpha value is -5.48. The number of fused-ring (bicyclic) bond motifs is 4. The van der Waals surface area contributed by atoms with Crippen LogP contribution in [0.15, 0.2) is 134 Å². The molecule has 0 atom stereocenters. The monoisotopic (exact) mass is 554 g/mol. The quantitative estimate of drug-likeness (QED) is 0.230. The van der Waals surface area contributed by atoms with E-state index in [4.69, 9.17) is 9.97 Å². The van der Waals surface area contributed by atoms with Gasteiger partial charge < -0.3 is 9.55 Å². The van der Waals surface area contributed by atoms with Crippen LogP contribution in [0.5, 0.6) is 0 Å². The molecule has 0 aliphatic rings. The molecule has 0 bridgehead atoms. The van der Waals surface area contributed by atoms with Crippen LogP contribution in [0.1, 0.15) is 19.9 Å². The lowest BCUT2D eigenvalue weighted by molar-refractivity contribution is 0.624. The van der Waals surface area contributed by atoms with E-state index in [0.717, 1.165) is 61.4 Å². The van der Waals surface area contributed by atoms with E-state index in [-0.39, 0.29) is 6.04 Å². The normalized spacial score (nSPS) is 11.7. The fraction of sp³-hybridized carbons (Fsp3) is 0.0769. The Labute approximate surface area is 250 Å².